The lowest BCUT2D eigenvalue weighted by Crippen LogP contribution is -2.66. The van der Waals surface area contributed by atoms with Gasteiger partial charge in [-0.25, -0.2) is 0 Å². The summed E-state index contributed by atoms with van der Waals surface area (Å²) in [5, 5.41) is 36.9. The van der Waals surface area contributed by atoms with Crippen LogP contribution >= 0.6 is 0 Å². The van der Waals surface area contributed by atoms with Crippen molar-refractivity contribution in [3.05, 3.63) is 35.9 Å². The second kappa shape index (κ2) is 16.7. The Morgan fingerprint density at radius 3 is 2.26 bits per heavy atom. The van der Waals surface area contributed by atoms with Crippen molar-refractivity contribution in [3.8, 4) is 0 Å². The number of aliphatic hydroxyl groups is 2. The number of carboxylic acids is 1. The molecular weight excluding hydrogens is 556 g/mol. The van der Waals surface area contributed by atoms with E-state index in [1.165, 1.54) is 6.92 Å². The third-order valence-electron chi connectivity index (χ3n) is 6.43. The van der Waals surface area contributed by atoms with Gasteiger partial charge < -0.3 is 51.2 Å². The summed E-state index contributed by atoms with van der Waals surface area (Å²) >= 11 is 0. The monoisotopic (exact) mass is 596 g/mol. The van der Waals surface area contributed by atoms with Gasteiger partial charge >= 0.3 is 5.97 Å². The molecule has 15 heteroatoms. The van der Waals surface area contributed by atoms with Crippen molar-refractivity contribution in [2.24, 2.45) is 11.7 Å². The van der Waals surface area contributed by atoms with Gasteiger partial charge in [-0.15, -0.1) is 0 Å². The first-order valence-electron chi connectivity index (χ1n) is 13.5. The van der Waals surface area contributed by atoms with E-state index in [9.17, 15) is 34.2 Å². The molecule has 8 N–H and O–H groups in total. The number of carbonyl (C=O) groups is 5. The number of hydrogen-bond acceptors (Lipinski definition) is 10. The van der Waals surface area contributed by atoms with E-state index in [-0.39, 0.29) is 13.0 Å². The number of carbonyl (C=O) groups excluding carboxylic acids is 4. The van der Waals surface area contributed by atoms with Crippen LogP contribution in [0.1, 0.15) is 39.2 Å². The van der Waals surface area contributed by atoms with Crippen LogP contribution in [0.25, 0.3) is 0 Å². The maximum absolute atomic E-state index is 12.7. The summed E-state index contributed by atoms with van der Waals surface area (Å²) < 4.78 is 17.4. The maximum Gasteiger partial charge on any atom is 0.303 e. The fourth-order valence-electron chi connectivity index (χ4n) is 4.02. The molecule has 0 radical (unpaired) electrons. The van der Waals surface area contributed by atoms with Crippen molar-refractivity contribution in [1.29, 1.82) is 0 Å². The summed E-state index contributed by atoms with van der Waals surface area (Å²) in [5.74, 6) is -4.54. The summed E-state index contributed by atoms with van der Waals surface area (Å²) in [4.78, 5) is 60.1. The highest BCUT2D eigenvalue weighted by Crippen LogP contribution is 2.26. The van der Waals surface area contributed by atoms with Crippen molar-refractivity contribution in [2.45, 2.75) is 82.9 Å². The normalized spacial score (nSPS) is 23.4. The van der Waals surface area contributed by atoms with Gasteiger partial charge in [-0.1, -0.05) is 44.2 Å². The van der Waals surface area contributed by atoms with E-state index in [1.807, 2.05) is 30.3 Å². The SMILES string of the molecule is CC(C)C(=O)N[C@H]1[C@@H](OCc2ccccc2)O[C@H](CO)[C@@H](O)[C@@H]1OCC(=O)NC(C)C(=O)NC(CCC(=O)O)C(N)=O. The summed E-state index contributed by atoms with van der Waals surface area (Å²) in [7, 11) is 0. The molecule has 1 aromatic rings. The zero-order valence-corrected chi connectivity index (χ0v) is 23.7. The number of carboxylic acid groups (broad SMARTS) is 1. The van der Waals surface area contributed by atoms with Crippen LogP contribution in [0.3, 0.4) is 0 Å². The van der Waals surface area contributed by atoms with Crippen molar-refractivity contribution < 1.29 is 53.5 Å². The topological polar surface area (TPSA) is 236 Å². The second-order valence-electron chi connectivity index (χ2n) is 10.2. The average Bonchev–Trinajstić information content (AvgIpc) is 2.94. The Kier molecular flexibility index (Phi) is 13.8. The van der Waals surface area contributed by atoms with Gasteiger partial charge in [-0.2, -0.15) is 0 Å². The Balaban J connectivity index is 2.10. The number of hydrogen-bond donors (Lipinski definition) is 7. The molecule has 0 bridgehead atoms. The summed E-state index contributed by atoms with van der Waals surface area (Å²) in [6.45, 7) is 3.44. The highest BCUT2D eigenvalue weighted by Gasteiger charge is 2.47. The van der Waals surface area contributed by atoms with Crippen LogP contribution in [0.4, 0.5) is 0 Å². The first-order valence-corrected chi connectivity index (χ1v) is 13.5. The van der Waals surface area contributed by atoms with Gasteiger partial charge in [0.05, 0.1) is 13.2 Å². The molecule has 0 spiro atoms. The third kappa shape index (κ3) is 10.6. The molecule has 1 aliphatic heterocycles. The number of rotatable bonds is 16. The van der Waals surface area contributed by atoms with Crippen LogP contribution in [0.2, 0.25) is 0 Å². The van der Waals surface area contributed by atoms with E-state index >= 15 is 0 Å². The molecule has 4 amide bonds. The zero-order chi connectivity index (χ0) is 31.4. The van der Waals surface area contributed by atoms with Gasteiger partial charge in [0.15, 0.2) is 6.29 Å². The van der Waals surface area contributed by atoms with Gasteiger partial charge in [0, 0.05) is 12.3 Å². The minimum atomic E-state index is -1.47. The number of amides is 4. The van der Waals surface area contributed by atoms with E-state index < -0.39 is 97.9 Å². The lowest BCUT2D eigenvalue weighted by Gasteiger charge is -2.44. The molecule has 1 fully saturated rings. The molecule has 0 saturated carbocycles. The Morgan fingerprint density at radius 2 is 1.69 bits per heavy atom. The number of aliphatic hydroxyl groups excluding tert-OH is 2. The second-order valence-corrected chi connectivity index (χ2v) is 10.2. The average molecular weight is 597 g/mol. The van der Waals surface area contributed by atoms with Crippen molar-refractivity contribution in [2.75, 3.05) is 13.2 Å². The Morgan fingerprint density at radius 1 is 1.02 bits per heavy atom. The van der Waals surface area contributed by atoms with Gasteiger partial charge in [0.1, 0.15) is 43.0 Å². The molecule has 7 atom stereocenters. The molecule has 1 saturated heterocycles. The summed E-state index contributed by atoms with van der Waals surface area (Å²) in [5.41, 5.74) is 6.02. The predicted octanol–water partition coefficient (Wildman–Crippen LogP) is -1.85. The molecule has 15 nitrogen and oxygen atoms in total. The number of nitrogens with one attached hydrogen (secondary N) is 3. The molecule has 2 rings (SSSR count). The van der Waals surface area contributed by atoms with Gasteiger partial charge in [-0.3, -0.25) is 24.0 Å². The van der Waals surface area contributed by atoms with Crippen LogP contribution in [0, 0.1) is 5.92 Å². The van der Waals surface area contributed by atoms with Crippen molar-refractivity contribution in [3.63, 3.8) is 0 Å². The van der Waals surface area contributed by atoms with Gasteiger partial charge in [-0.05, 0) is 18.9 Å². The molecule has 1 heterocycles. The molecule has 42 heavy (non-hydrogen) atoms. The maximum atomic E-state index is 12.7. The van der Waals surface area contributed by atoms with Gasteiger partial charge in [0.2, 0.25) is 23.6 Å². The molecular formula is C27H40N4O11. The number of primary amides is 1. The first-order chi connectivity index (χ1) is 19.8. The highest BCUT2D eigenvalue weighted by atomic mass is 16.7. The van der Waals surface area contributed by atoms with E-state index in [2.05, 4.69) is 16.0 Å². The van der Waals surface area contributed by atoms with Gasteiger partial charge in [0.25, 0.3) is 0 Å². The molecule has 1 aromatic carbocycles. The van der Waals surface area contributed by atoms with E-state index in [4.69, 9.17) is 25.1 Å². The molecule has 1 aliphatic rings. The molecule has 234 valence electrons. The number of benzene rings is 1. The van der Waals surface area contributed by atoms with E-state index in [0.717, 1.165) is 5.56 Å². The summed E-state index contributed by atoms with van der Waals surface area (Å²) in [6, 6.07) is 5.58. The predicted molar refractivity (Wildman–Crippen MR) is 145 cm³/mol. The van der Waals surface area contributed by atoms with Crippen LogP contribution < -0.4 is 21.7 Å². The minimum Gasteiger partial charge on any atom is -0.481 e. The van der Waals surface area contributed by atoms with E-state index in [1.54, 1.807) is 13.8 Å². The fraction of sp³-hybridized carbons (Fsp3) is 0.593. The largest absolute Gasteiger partial charge is 0.481 e. The smallest absolute Gasteiger partial charge is 0.303 e. The van der Waals surface area contributed by atoms with Crippen LogP contribution in [-0.4, -0.2) is 101 Å². The Labute approximate surface area is 243 Å². The molecule has 0 aromatic heterocycles. The van der Waals surface area contributed by atoms with Crippen molar-refractivity contribution >= 4 is 29.6 Å². The highest BCUT2D eigenvalue weighted by molar-refractivity contribution is 5.91. The fourth-order valence-corrected chi connectivity index (χ4v) is 4.02. The van der Waals surface area contributed by atoms with Crippen LogP contribution in [0.15, 0.2) is 30.3 Å². The number of aliphatic carboxylic acids is 1. The standard InChI is InChI=1S/C27H40N4O11/c1-14(2)25(38)31-21-23(22(36)18(11-32)42-27(21)41-12-16-7-5-4-6-8-16)40-13-19(33)29-15(3)26(39)30-17(24(28)37)9-10-20(34)35/h4-8,14-15,17-18,21-23,27,32,36H,9-13H2,1-3H3,(H2,28,37)(H,29,33)(H,30,39)(H,31,38)(H,34,35)/t15?,17?,18-,21-,22-,23-,27+/m1/s1. The lowest BCUT2D eigenvalue weighted by molar-refractivity contribution is -0.279. The number of nitrogens with two attached hydrogens (primary N) is 1. The molecule has 0 aliphatic carbocycles. The quantitative estimate of drug-likeness (QED) is 0.112. The first kappa shape index (κ1) is 34.6. The lowest BCUT2D eigenvalue weighted by atomic mass is 9.96. The minimum absolute atomic E-state index is 0.0758. The third-order valence-corrected chi connectivity index (χ3v) is 6.43. The summed E-state index contributed by atoms with van der Waals surface area (Å²) in [6.07, 6.45) is -5.69. The molecule has 2 unspecified atom stereocenters. The van der Waals surface area contributed by atoms with E-state index in [0.29, 0.717) is 0 Å². The van der Waals surface area contributed by atoms with Crippen LogP contribution in [0.5, 0.6) is 0 Å². The Hall–Kier alpha value is -3.63. The van der Waals surface area contributed by atoms with Crippen LogP contribution in [-0.2, 0) is 44.8 Å². The number of ether oxygens (including phenoxy) is 3. The Bertz CT molecular complexity index is 1070. The zero-order valence-electron chi connectivity index (χ0n) is 23.7. The van der Waals surface area contributed by atoms with Crippen molar-refractivity contribution in [1.82, 2.24) is 16.0 Å².